The lowest BCUT2D eigenvalue weighted by atomic mass is 10.1. The first-order valence-corrected chi connectivity index (χ1v) is 10.0. The molecular formula is C18H18ClNOS2. The number of carbonyl (C=O) groups excluding carboxylic acids is 1. The van der Waals surface area contributed by atoms with E-state index in [2.05, 4.69) is 17.4 Å². The van der Waals surface area contributed by atoms with Gasteiger partial charge in [0, 0.05) is 5.56 Å². The van der Waals surface area contributed by atoms with Crippen molar-refractivity contribution in [1.29, 1.82) is 0 Å². The molecule has 5 heteroatoms. The summed E-state index contributed by atoms with van der Waals surface area (Å²) in [5.74, 6) is 2.30. The summed E-state index contributed by atoms with van der Waals surface area (Å²) in [5.41, 5.74) is 3.64. The van der Waals surface area contributed by atoms with Crippen molar-refractivity contribution in [1.82, 2.24) is 0 Å². The van der Waals surface area contributed by atoms with Crippen molar-refractivity contribution in [2.45, 2.75) is 17.9 Å². The van der Waals surface area contributed by atoms with E-state index in [1.807, 2.05) is 60.8 Å². The number of thioether (sulfide) groups is 2. The third kappa shape index (κ3) is 4.25. The predicted octanol–water partition coefficient (Wildman–Crippen LogP) is 5.77. The molecule has 0 saturated carbocycles. The largest absolute Gasteiger partial charge is 0.321 e. The van der Waals surface area contributed by atoms with Crippen LogP contribution in [0.5, 0.6) is 0 Å². The Balaban J connectivity index is 1.69. The van der Waals surface area contributed by atoms with Crippen LogP contribution < -0.4 is 5.32 Å². The molecule has 0 unspecified atom stereocenters. The molecule has 2 aromatic rings. The van der Waals surface area contributed by atoms with Gasteiger partial charge in [0.1, 0.15) is 0 Å². The third-order valence-electron chi connectivity index (χ3n) is 3.64. The second kappa shape index (κ2) is 7.65. The van der Waals surface area contributed by atoms with Crippen molar-refractivity contribution >= 4 is 46.7 Å². The second-order valence-electron chi connectivity index (χ2n) is 5.49. The summed E-state index contributed by atoms with van der Waals surface area (Å²) in [7, 11) is 0. The van der Waals surface area contributed by atoms with Crippen LogP contribution in [0.2, 0.25) is 5.02 Å². The van der Waals surface area contributed by atoms with E-state index in [1.54, 1.807) is 0 Å². The van der Waals surface area contributed by atoms with Gasteiger partial charge in [-0.15, -0.1) is 23.5 Å². The number of halogens is 1. The van der Waals surface area contributed by atoms with Crippen molar-refractivity contribution < 1.29 is 4.79 Å². The van der Waals surface area contributed by atoms with Crippen molar-refractivity contribution in [2.24, 2.45) is 0 Å². The van der Waals surface area contributed by atoms with Gasteiger partial charge in [0.05, 0.1) is 15.3 Å². The molecule has 0 aromatic heterocycles. The van der Waals surface area contributed by atoms with Crippen molar-refractivity contribution in [3.05, 3.63) is 64.2 Å². The van der Waals surface area contributed by atoms with Gasteiger partial charge in [-0.05, 0) is 60.2 Å². The maximum Gasteiger partial charge on any atom is 0.255 e. The first-order valence-electron chi connectivity index (χ1n) is 7.54. The fraction of sp³-hybridized carbons (Fsp3) is 0.278. The minimum absolute atomic E-state index is 0.133. The fourth-order valence-electron chi connectivity index (χ4n) is 2.39. The second-order valence-corrected chi connectivity index (χ2v) is 8.62. The van der Waals surface area contributed by atoms with Gasteiger partial charge in [-0.3, -0.25) is 4.79 Å². The van der Waals surface area contributed by atoms with Crippen LogP contribution in [0, 0.1) is 6.92 Å². The molecule has 0 atom stereocenters. The average molecular weight is 364 g/mol. The summed E-state index contributed by atoms with van der Waals surface area (Å²) in [5, 5.41) is 3.43. The molecule has 1 N–H and O–H groups in total. The Morgan fingerprint density at radius 2 is 1.83 bits per heavy atom. The summed E-state index contributed by atoms with van der Waals surface area (Å²) >= 11 is 10.1. The highest BCUT2D eigenvalue weighted by Crippen LogP contribution is 2.43. The molecule has 23 heavy (non-hydrogen) atoms. The predicted molar refractivity (Wildman–Crippen MR) is 103 cm³/mol. The summed E-state index contributed by atoms with van der Waals surface area (Å²) in [4.78, 5) is 12.4. The number of nitrogens with one attached hydrogen (secondary N) is 1. The van der Waals surface area contributed by atoms with Crippen LogP contribution in [-0.4, -0.2) is 17.4 Å². The Labute approximate surface area is 150 Å². The molecule has 120 valence electrons. The highest BCUT2D eigenvalue weighted by Gasteiger charge is 2.17. The third-order valence-corrected chi connectivity index (χ3v) is 6.97. The van der Waals surface area contributed by atoms with Gasteiger partial charge in [-0.2, -0.15) is 0 Å². The Bertz CT molecular complexity index is 697. The van der Waals surface area contributed by atoms with E-state index >= 15 is 0 Å². The summed E-state index contributed by atoms with van der Waals surface area (Å²) in [6, 6.07) is 13.5. The standard InChI is InChI=1S/C18H18ClNOS2/c1-12-3-8-16(15(19)11-12)20-17(21)13-4-6-14(7-5-13)18-22-9-2-10-23-18/h3-8,11,18H,2,9-10H2,1H3,(H,20,21). The van der Waals surface area contributed by atoms with Crippen molar-refractivity contribution in [3.8, 4) is 0 Å². The molecule has 1 aliphatic heterocycles. The zero-order valence-corrected chi connectivity index (χ0v) is 15.2. The number of anilines is 1. The number of aryl methyl sites for hydroxylation is 1. The quantitative estimate of drug-likeness (QED) is 0.750. The molecule has 0 bridgehead atoms. The molecule has 1 saturated heterocycles. The van der Waals surface area contributed by atoms with Crippen LogP contribution in [0.3, 0.4) is 0 Å². The summed E-state index contributed by atoms with van der Waals surface area (Å²) < 4.78 is 0.493. The molecular weight excluding hydrogens is 346 g/mol. The average Bonchev–Trinajstić information content (AvgIpc) is 2.58. The fourth-order valence-corrected chi connectivity index (χ4v) is 5.56. The number of rotatable bonds is 3. The zero-order valence-electron chi connectivity index (χ0n) is 12.8. The lowest BCUT2D eigenvalue weighted by molar-refractivity contribution is 0.102. The molecule has 2 aromatic carbocycles. The number of hydrogen-bond donors (Lipinski definition) is 1. The number of carbonyl (C=O) groups is 1. The maximum atomic E-state index is 12.4. The molecule has 1 amide bonds. The first-order chi connectivity index (χ1) is 11.1. The molecule has 0 radical (unpaired) electrons. The molecule has 3 rings (SSSR count). The van der Waals surface area contributed by atoms with Crippen molar-refractivity contribution in [3.63, 3.8) is 0 Å². The van der Waals surface area contributed by atoms with Crippen LogP contribution in [0.25, 0.3) is 0 Å². The molecule has 1 fully saturated rings. The Morgan fingerprint density at radius 3 is 2.48 bits per heavy atom. The first kappa shape index (κ1) is 16.7. The minimum atomic E-state index is -0.133. The maximum absolute atomic E-state index is 12.4. The van der Waals surface area contributed by atoms with Gasteiger partial charge in [0.15, 0.2) is 0 Å². The molecule has 1 aliphatic rings. The van der Waals surface area contributed by atoms with Gasteiger partial charge in [0.2, 0.25) is 0 Å². The van der Waals surface area contributed by atoms with Crippen LogP contribution >= 0.6 is 35.1 Å². The van der Waals surface area contributed by atoms with Gasteiger partial charge >= 0.3 is 0 Å². The lowest BCUT2D eigenvalue weighted by Gasteiger charge is -2.21. The highest BCUT2D eigenvalue weighted by atomic mass is 35.5. The Morgan fingerprint density at radius 1 is 1.13 bits per heavy atom. The van der Waals surface area contributed by atoms with Gasteiger partial charge < -0.3 is 5.32 Å². The Hall–Kier alpha value is -1.10. The monoisotopic (exact) mass is 363 g/mol. The van der Waals surface area contributed by atoms with Crippen LogP contribution in [-0.2, 0) is 0 Å². The van der Waals surface area contributed by atoms with Gasteiger partial charge in [0.25, 0.3) is 5.91 Å². The van der Waals surface area contributed by atoms with E-state index in [4.69, 9.17) is 11.6 Å². The van der Waals surface area contributed by atoms with E-state index in [9.17, 15) is 4.79 Å². The SMILES string of the molecule is Cc1ccc(NC(=O)c2ccc(C3SCCCS3)cc2)c(Cl)c1. The van der Waals surface area contributed by atoms with E-state index in [1.165, 1.54) is 23.5 Å². The summed E-state index contributed by atoms with van der Waals surface area (Å²) in [6.45, 7) is 1.97. The van der Waals surface area contributed by atoms with Crippen molar-refractivity contribution in [2.75, 3.05) is 16.8 Å². The Kier molecular flexibility index (Phi) is 5.57. The normalized spacial score (nSPS) is 15.4. The number of hydrogen-bond acceptors (Lipinski definition) is 3. The van der Waals surface area contributed by atoms with Gasteiger partial charge in [-0.25, -0.2) is 0 Å². The molecule has 1 heterocycles. The molecule has 0 aliphatic carbocycles. The number of benzene rings is 2. The smallest absolute Gasteiger partial charge is 0.255 e. The van der Waals surface area contributed by atoms with Crippen LogP contribution in [0.15, 0.2) is 42.5 Å². The molecule has 2 nitrogen and oxygen atoms in total. The zero-order chi connectivity index (χ0) is 16.2. The van der Waals surface area contributed by atoms with E-state index in [-0.39, 0.29) is 5.91 Å². The van der Waals surface area contributed by atoms with E-state index in [0.29, 0.717) is 20.9 Å². The highest BCUT2D eigenvalue weighted by molar-refractivity contribution is 8.16. The lowest BCUT2D eigenvalue weighted by Crippen LogP contribution is -2.12. The van der Waals surface area contributed by atoms with Crippen LogP contribution in [0.4, 0.5) is 5.69 Å². The van der Waals surface area contributed by atoms with Gasteiger partial charge in [-0.1, -0.05) is 29.8 Å². The minimum Gasteiger partial charge on any atom is -0.321 e. The summed E-state index contributed by atoms with van der Waals surface area (Å²) in [6.07, 6.45) is 1.28. The molecule has 0 spiro atoms. The topological polar surface area (TPSA) is 29.1 Å². The van der Waals surface area contributed by atoms with E-state index < -0.39 is 0 Å². The van der Waals surface area contributed by atoms with Crippen LogP contribution in [0.1, 0.15) is 32.5 Å². The van der Waals surface area contributed by atoms with E-state index in [0.717, 1.165) is 5.56 Å². The number of amides is 1.